The van der Waals surface area contributed by atoms with Crippen molar-refractivity contribution in [1.82, 2.24) is 10.2 Å². The first-order valence-electron chi connectivity index (χ1n) is 7.00. The van der Waals surface area contributed by atoms with Crippen molar-refractivity contribution in [2.24, 2.45) is 0 Å². The van der Waals surface area contributed by atoms with Gasteiger partial charge in [0.15, 0.2) is 0 Å². The van der Waals surface area contributed by atoms with Gasteiger partial charge in [0.05, 0.1) is 18.1 Å². The fourth-order valence-electron chi connectivity index (χ4n) is 2.29. The van der Waals surface area contributed by atoms with Crippen molar-refractivity contribution < 1.29 is 14.3 Å². The smallest absolute Gasteiger partial charge is 0.247 e. The van der Waals surface area contributed by atoms with Crippen LogP contribution in [0.15, 0.2) is 0 Å². The number of imide groups is 1. The SMILES string of the molecule is CCC(CC)N1C(=O)CC(NCC(C)(C)OC)C1=O. The van der Waals surface area contributed by atoms with Gasteiger partial charge in [-0.15, -0.1) is 0 Å². The molecule has 0 aromatic heterocycles. The number of rotatable bonds is 7. The average Bonchev–Trinajstić information content (AvgIpc) is 2.66. The summed E-state index contributed by atoms with van der Waals surface area (Å²) in [4.78, 5) is 25.7. The summed E-state index contributed by atoms with van der Waals surface area (Å²) < 4.78 is 5.30. The van der Waals surface area contributed by atoms with Crippen molar-refractivity contribution in [3.63, 3.8) is 0 Å². The number of hydrogen-bond acceptors (Lipinski definition) is 4. The maximum Gasteiger partial charge on any atom is 0.247 e. The number of carbonyl (C=O) groups excluding carboxylic acids is 2. The largest absolute Gasteiger partial charge is 0.377 e. The molecule has 0 radical (unpaired) electrons. The van der Waals surface area contributed by atoms with E-state index in [0.717, 1.165) is 12.8 Å². The predicted octanol–water partition coefficient (Wildman–Crippen LogP) is 1.32. The van der Waals surface area contributed by atoms with Crippen molar-refractivity contribution in [1.29, 1.82) is 0 Å². The molecule has 110 valence electrons. The number of methoxy groups -OCH3 is 1. The molecule has 2 amide bonds. The van der Waals surface area contributed by atoms with E-state index in [9.17, 15) is 9.59 Å². The Morgan fingerprint density at radius 3 is 2.42 bits per heavy atom. The highest BCUT2D eigenvalue weighted by Gasteiger charge is 2.41. The van der Waals surface area contributed by atoms with E-state index in [-0.39, 0.29) is 29.9 Å². The Morgan fingerprint density at radius 1 is 1.37 bits per heavy atom. The van der Waals surface area contributed by atoms with Gasteiger partial charge in [0.2, 0.25) is 11.8 Å². The summed E-state index contributed by atoms with van der Waals surface area (Å²) >= 11 is 0. The van der Waals surface area contributed by atoms with Gasteiger partial charge in [-0.05, 0) is 26.7 Å². The van der Waals surface area contributed by atoms with Crippen molar-refractivity contribution in [3.8, 4) is 0 Å². The Balaban J connectivity index is 2.65. The maximum absolute atomic E-state index is 12.3. The van der Waals surface area contributed by atoms with Crippen LogP contribution in [0.5, 0.6) is 0 Å². The molecule has 1 N–H and O–H groups in total. The molecule has 1 unspecified atom stereocenters. The second-order valence-electron chi connectivity index (χ2n) is 5.67. The summed E-state index contributed by atoms with van der Waals surface area (Å²) in [5, 5.41) is 3.15. The minimum atomic E-state index is -0.400. The highest BCUT2D eigenvalue weighted by molar-refractivity contribution is 6.05. The molecule has 1 saturated heterocycles. The van der Waals surface area contributed by atoms with E-state index in [0.29, 0.717) is 6.54 Å². The lowest BCUT2D eigenvalue weighted by atomic mass is 10.1. The summed E-state index contributed by atoms with van der Waals surface area (Å²) in [6, 6.07) is -0.371. The lowest BCUT2D eigenvalue weighted by Crippen LogP contribution is -2.47. The van der Waals surface area contributed by atoms with Gasteiger partial charge >= 0.3 is 0 Å². The lowest BCUT2D eigenvalue weighted by molar-refractivity contribution is -0.141. The molecule has 0 aromatic rings. The molecule has 1 atom stereocenters. The molecule has 0 saturated carbocycles. The van der Waals surface area contributed by atoms with Gasteiger partial charge < -0.3 is 10.1 Å². The monoisotopic (exact) mass is 270 g/mol. The Hall–Kier alpha value is -0.940. The first-order chi connectivity index (χ1) is 8.86. The van der Waals surface area contributed by atoms with Gasteiger partial charge in [0.25, 0.3) is 0 Å². The molecule has 0 aromatic carbocycles. The van der Waals surface area contributed by atoms with E-state index in [1.807, 2.05) is 27.7 Å². The summed E-state index contributed by atoms with van der Waals surface area (Å²) in [6.45, 7) is 8.44. The Morgan fingerprint density at radius 2 is 1.95 bits per heavy atom. The molecule has 1 fully saturated rings. The molecule has 1 aliphatic heterocycles. The van der Waals surface area contributed by atoms with Crippen molar-refractivity contribution >= 4 is 11.8 Å². The van der Waals surface area contributed by atoms with Gasteiger partial charge in [-0.1, -0.05) is 13.8 Å². The molecule has 0 bridgehead atoms. The standard InChI is InChI=1S/C14H26N2O3/c1-6-10(7-2)16-12(17)8-11(13(16)18)15-9-14(3,4)19-5/h10-11,15H,6-9H2,1-5H3. The molecule has 1 heterocycles. The molecule has 19 heavy (non-hydrogen) atoms. The average molecular weight is 270 g/mol. The third kappa shape index (κ3) is 3.76. The summed E-state index contributed by atoms with van der Waals surface area (Å²) in [5.41, 5.74) is -0.342. The van der Waals surface area contributed by atoms with E-state index in [2.05, 4.69) is 5.32 Å². The topological polar surface area (TPSA) is 58.6 Å². The fourth-order valence-corrected chi connectivity index (χ4v) is 2.29. The van der Waals surface area contributed by atoms with E-state index < -0.39 is 6.04 Å². The van der Waals surface area contributed by atoms with E-state index in [1.54, 1.807) is 7.11 Å². The number of hydrogen-bond donors (Lipinski definition) is 1. The lowest BCUT2D eigenvalue weighted by Gasteiger charge is -2.26. The van der Waals surface area contributed by atoms with Crippen LogP contribution >= 0.6 is 0 Å². The molecule has 0 spiro atoms. The van der Waals surface area contributed by atoms with Crippen LogP contribution in [0.1, 0.15) is 47.0 Å². The number of carbonyl (C=O) groups is 2. The van der Waals surface area contributed by atoms with Crippen molar-refractivity contribution in [3.05, 3.63) is 0 Å². The minimum Gasteiger partial charge on any atom is -0.377 e. The predicted molar refractivity (Wildman–Crippen MR) is 73.7 cm³/mol. The van der Waals surface area contributed by atoms with Gasteiger partial charge in [-0.3, -0.25) is 14.5 Å². The first kappa shape index (κ1) is 16.1. The normalized spacial score (nSPS) is 20.7. The van der Waals surface area contributed by atoms with Crippen LogP contribution in [0.4, 0.5) is 0 Å². The van der Waals surface area contributed by atoms with Crippen LogP contribution in [-0.2, 0) is 14.3 Å². The van der Waals surface area contributed by atoms with E-state index >= 15 is 0 Å². The molecule has 1 aliphatic rings. The highest BCUT2D eigenvalue weighted by Crippen LogP contribution is 2.20. The zero-order valence-electron chi connectivity index (χ0n) is 12.7. The molecular weight excluding hydrogens is 244 g/mol. The Kier molecular flexibility index (Phi) is 5.50. The van der Waals surface area contributed by atoms with Gasteiger partial charge in [-0.25, -0.2) is 0 Å². The van der Waals surface area contributed by atoms with Gasteiger partial charge in [0.1, 0.15) is 0 Å². The second-order valence-corrected chi connectivity index (χ2v) is 5.67. The first-order valence-corrected chi connectivity index (χ1v) is 7.00. The number of likely N-dealkylation sites (tertiary alicyclic amines) is 1. The zero-order valence-corrected chi connectivity index (χ0v) is 12.7. The second kappa shape index (κ2) is 6.48. The van der Waals surface area contributed by atoms with Crippen LogP contribution in [0.2, 0.25) is 0 Å². The minimum absolute atomic E-state index is 0.0298. The van der Waals surface area contributed by atoms with Crippen LogP contribution in [0, 0.1) is 0 Å². The number of ether oxygens (including phenoxy) is 1. The third-order valence-corrected chi connectivity index (χ3v) is 3.82. The van der Waals surface area contributed by atoms with Gasteiger partial charge in [-0.2, -0.15) is 0 Å². The van der Waals surface area contributed by atoms with Gasteiger partial charge in [0, 0.05) is 19.7 Å². The molecule has 0 aliphatic carbocycles. The van der Waals surface area contributed by atoms with Crippen LogP contribution in [0.25, 0.3) is 0 Å². The number of nitrogens with zero attached hydrogens (tertiary/aromatic N) is 1. The van der Waals surface area contributed by atoms with E-state index in [1.165, 1.54) is 4.90 Å². The van der Waals surface area contributed by atoms with Crippen LogP contribution in [-0.4, -0.2) is 48.1 Å². The zero-order chi connectivity index (χ0) is 14.6. The highest BCUT2D eigenvalue weighted by atomic mass is 16.5. The van der Waals surface area contributed by atoms with Crippen LogP contribution in [0.3, 0.4) is 0 Å². The molecule has 5 heteroatoms. The summed E-state index contributed by atoms with van der Waals surface area (Å²) in [6.07, 6.45) is 1.88. The number of nitrogens with one attached hydrogen (secondary N) is 1. The molecular formula is C14H26N2O3. The Bertz CT molecular complexity index is 338. The summed E-state index contributed by atoms with van der Waals surface area (Å²) in [7, 11) is 1.64. The van der Waals surface area contributed by atoms with Crippen molar-refractivity contribution in [2.45, 2.75) is 64.6 Å². The number of amides is 2. The van der Waals surface area contributed by atoms with E-state index in [4.69, 9.17) is 4.74 Å². The molecule has 1 rings (SSSR count). The van der Waals surface area contributed by atoms with Crippen LogP contribution < -0.4 is 5.32 Å². The summed E-state index contributed by atoms with van der Waals surface area (Å²) in [5.74, 6) is -0.156. The molecule has 5 nitrogen and oxygen atoms in total. The fraction of sp³-hybridized carbons (Fsp3) is 0.857. The quantitative estimate of drug-likeness (QED) is 0.709. The Labute approximate surface area is 115 Å². The third-order valence-electron chi connectivity index (χ3n) is 3.82. The van der Waals surface area contributed by atoms with Crippen molar-refractivity contribution in [2.75, 3.05) is 13.7 Å². The maximum atomic E-state index is 12.3.